The fourth-order valence-corrected chi connectivity index (χ4v) is 2.53. The van der Waals surface area contributed by atoms with Gasteiger partial charge in [-0.3, -0.25) is 9.20 Å². The smallest absolute Gasteiger partial charge is 0.303 e. The Bertz CT molecular complexity index is 824. The van der Waals surface area contributed by atoms with E-state index in [4.69, 9.17) is 9.84 Å². The van der Waals surface area contributed by atoms with Crippen molar-refractivity contribution in [1.29, 1.82) is 0 Å². The van der Waals surface area contributed by atoms with Crippen molar-refractivity contribution in [3.8, 4) is 17.1 Å². The number of imidazole rings is 1. The number of aryl methyl sites for hydroxylation is 1. The summed E-state index contributed by atoms with van der Waals surface area (Å²) in [5.74, 6) is 0.674. The number of aromatic nitrogens is 2. The van der Waals surface area contributed by atoms with Crippen LogP contribution in [-0.4, -0.2) is 27.6 Å². The molecule has 0 aliphatic carbocycles. The van der Waals surface area contributed by atoms with E-state index in [1.807, 2.05) is 53.1 Å². The summed E-state index contributed by atoms with van der Waals surface area (Å²) in [6.45, 7) is 0. The van der Waals surface area contributed by atoms with Crippen LogP contribution >= 0.6 is 0 Å². The van der Waals surface area contributed by atoms with Crippen LogP contribution in [0.15, 0.2) is 48.7 Å². The van der Waals surface area contributed by atoms with Crippen LogP contribution < -0.4 is 4.74 Å². The third-order valence-electron chi connectivity index (χ3n) is 3.55. The summed E-state index contributed by atoms with van der Waals surface area (Å²) in [4.78, 5) is 15.5. The number of rotatable bonds is 5. The number of pyridine rings is 1. The monoisotopic (exact) mass is 296 g/mol. The minimum Gasteiger partial charge on any atom is -0.496 e. The standard InChI is InChI=1S/C17H16N2O3/c1-22-15-8-3-2-6-12(15)17-18-13(9-10-16(20)21)14-7-4-5-11-19(14)17/h2-8,11H,9-10H2,1H3,(H,20,21). The molecule has 0 unspecified atom stereocenters. The van der Waals surface area contributed by atoms with E-state index in [1.165, 1.54) is 0 Å². The number of aliphatic carboxylic acids is 1. The van der Waals surface area contributed by atoms with E-state index < -0.39 is 5.97 Å². The van der Waals surface area contributed by atoms with Gasteiger partial charge in [0.1, 0.15) is 11.6 Å². The van der Waals surface area contributed by atoms with E-state index in [2.05, 4.69) is 4.98 Å². The van der Waals surface area contributed by atoms with Gasteiger partial charge in [-0.05, 0) is 24.3 Å². The quantitative estimate of drug-likeness (QED) is 0.786. The summed E-state index contributed by atoms with van der Waals surface area (Å²) in [5.41, 5.74) is 2.58. The summed E-state index contributed by atoms with van der Waals surface area (Å²) in [5, 5.41) is 8.90. The SMILES string of the molecule is COc1ccccc1-c1nc(CCC(=O)O)c2ccccn12. The van der Waals surface area contributed by atoms with Gasteiger partial charge in [0.25, 0.3) is 0 Å². The number of hydrogen-bond donors (Lipinski definition) is 1. The molecule has 1 aromatic carbocycles. The van der Waals surface area contributed by atoms with E-state index in [1.54, 1.807) is 7.11 Å². The summed E-state index contributed by atoms with van der Waals surface area (Å²) < 4.78 is 7.38. The van der Waals surface area contributed by atoms with E-state index in [0.29, 0.717) is 6.42 Å². The molecule has 2 aromatic heterocycles. The van der Waals surface area contributed by atoms with Crippen molar-refractivity contribution in [3.63, 3.8) is 0 Å². The molecule has 5 heteroatoms. The number of carboxylic acids is 1. The average Bonchev–Trinajstić information content (AvgIpc) is 2.91. The van der Waals surface area contributed by atoms with Crippen LogP contribution in [0.2, 0.25) is 0 Å². The Kier molecular flexibility index (Phi) is 3.78. The van der Waals surface area contributed by atoms with Gasteiger partial charge in [0.15, 0.2) is 0 Å². The number of para-hydroxylation sites is 1. The molecule has 0 aliphatic rings. The highest BCUT2D eigenvalue weighted by molar-refractivity contribution is 5.71. The molecule has 0 aliphatic heterocycles. The summed E-state index contributed by atoms with van der Waals surface area (Å²) in [6.07, 6.45) is 2.39. The molecule has 0 amide bonds. The summed E-state index contributed by atoms with van der Waals surface area (Å²) in [7, 11) is 1.62. The molecule has 0 saturated heterocycles. The average molecular weight is 296 g/mol. The molecule has 3 rings (SSSR count). The molecule has 112 valence electrons. The first-order valence-corrected chi connectivity index (χ1v) is 7.02. The lowest BCUT2D eigenvalue weighted by Gasteiger charge is -2.06. The zero-order chi connectivity index (χ0) is 15.5. The van der Waals surface area contributed by atoms with Crippen molar-refractivity contribution in [2.45, 2.75) is 12.8 Å². The predicted octanol–water partition coefficient (Wildman–Crippen LogP) is 3.03. The minimum atomic E-state index is -0.823. The van der Waals surface area contributed by atoms with Crippen LogP contribution in [0.5, 0.6) is 5.75 Å². The van der Waals surface area contributed by atoms with Crippen molar-refractivity contribution >= 4 is 11.5 Å². The molecule has 3 aromatic rings. The number of carboxylic acid groups (broad SMARTS) is 1. The van der Waals surface area contributed by atoms with Gasteiger partial charge in [-0.1, -0.05) is 18.2 Å². The van der Waals surface area contributed by atoms with Gasteiger partial charge in [-0.2, -0.15) is 0 Å². The van der Waals surface area contributed by atoms with Crippen LogP contribution in [-0.2, 0) is 11.2 Å². The minimum absolute atomic E-state index is 0.0624. The highest BCUT2D eigenvalue weighted by Gasteiger charge is 2.15. The Hall–Kier alpha value is -2.82. The van der Waals surface area contributed by atoms with Crippen LogP contribution in [0.25, 0.3) is 16.9 Å². The van der Waals surface area contributed by atoms with Crippen molar-refractivity contribution in [3.05, 3.63) is 54.4 Å². The Labute approximate surface area is 127 Å². The van der Waals surface area contributed by atoms with Gasteiger partial charge < -0.3 is 9.84 Å². The van der Waals surface area contributed by atoms with Crippen LogP contribution in [0, 0.1) is 0 Å². The highest BCUT2D eigenvalue weighted by Crippen LogP contribution is 2.30. The van der Waals surface area contributed by atoms with Gasteiger partial charge in [-0.15, -0.1) is 0 Å². The van der Waals surface area contributed by atoms with Crippen LogP contribution in [0.4, 0.5) is 0 Å². The second-order valence-electron chi connectivity index (χ2n) is 4.93. The molecule has 0 fully saturated rings. The highest BCUT2D eigenvalue weighted by atomic mass is 16.5. The number of hydrogen-bond acceptors (Lipinski definition) is 3. The van der Waals surface area contributed by atoms with E-state index >= 15 is 0 Å². The molecule has 0 saturated carbocycles. The predicted molar refractivity (Wildman–Crippen MR) is 83.1 cm³/mol. The maximum Gasteiger partial charge on any atom is 0.303 e. The second kappa shape index (κ2) is 5.89. The van der Waals surface area contributed by atoms with E-state index in [0.717, 1.165) is 28.3 Å². The number of nitrogens with zero attached hydrogens (tertiary/aromatic N) is 2. The lowest BCUT2D eigenvalue weighted by molar-refractivity contribution is -0.136. The number of methoxy groups -OCH3 is 1. The molecule has 0 atom stereocenters. The Morgan fingerprint density at radius 2 is 2.00 bits per heavy atom. The first-order chi connectivity index (χ1) is 10.7. The van der Waals surface area contributed by atoms with Gasteiger partial charge in [0, 0.05) is 12.6 Å². The van der Waals surface area contributed by atoms with Gasteiger partial charge in [0.05, 0.1) is 30.3 Å². The van der Waals surface area contributed by atoms with Crippen LogP contribution in [0.1, 0.15) is 12.1 Å². The Morgan fingerprint density at radius 1 is 1.23 bits per heavy atom. The topological polar surface area (TPSA) is 63.8 Å². The lowest BCUT2D eigenvalue weighted by Crippen LogP contribution is -1.98. The zero-order valence-electron chi connectivity index (χ0n) is 12.2. The zero-order valence-corrected chi connectivity index (χ0v) is 12.2. The van der Waals surface area contributed by atoms with Crippen molar-refractivity contribution in [2.24, 2.45) is 0 Å². The molecule has 1 N–H and O–H groups in total. The van der Waals surface area contributed by atoms with Gasteiger partial charge in [0.2, 0.25) is 0 Å². The second-order valence-corrected chi connectivity index (χ2v) is 4.93. The van der Waals surface area contributed by atoms with E-state index in [-0.39, 0.29) is 6.42 Å². The van der Waals surface area contributed by atoms with Gasteiger partial charge >= 0.3 is 5.97 Å². The third-order valence-corrected chi connectivity index (χ3v) is 3.55. The normalized spacial score (nSPS) is 10.8. The molecule has 22 heavy (non-hydrogen) atoms. The van der Waals surface area contributed by atoms with E-state index in [9.17, 15) is 4.79 Å². The Morgan fingerprint density at radius 3 is 2.77 bits per heavy atom. The van der Waals surface area contributed by atoms with Crippen molar-refractivity contribution < 1.29 is 14.6 Å². The van der Waals surface area contributed by atoms with Crippen LogP contribution in [0.3, 0.4) is 0 Å². The molecular weight excluding hydrogens is 280 g/mol. The number of carbonyl (C=O) groups is 1. The summed E-state index contributed by atoms with van der Waals surface area (Å²) in [6, 6.07) is 13.5. The molecule has 2 heterocycles. The number of ether oxygens (including phenoxy) is 1. The molecule has 0 radical (unpaired) electrons. The maximum atomic E-state index is 10.8. The summed E-state index contributed by atoms with van der Waals surface area (Å²) >= 11 is 0. The fraction of sp³-hybridized carbons (Fsp3) is 0.176. The van der Waals surface area contributed by atoms with Gasteiger partial charge in [-0.25, -0.2) is 4.98 Å². The molecule has 5 nitrogen and oxygen atoms in total. The lowest BCUT2D eigenvalue weighted by atomic mass is 10.2. The first kappa shape index (κ1) is 14.1. The molecule has 0 bridgehead atoms. The fourth-order valence-electron chi connectivity index (χ4n) is 2.53. The Balaban J connectivity index is 2.15. The number of benzene rings is 1. The maximum absolute atomic E-state index is 10.8. The third kappa shape index (κ3) is 2.53. The first-order valence-electron chi connectivity index (χ1n) is 7.02. The molecular formula is C17H16N2O3. The van der Waals surface area contributed by atoms with Crippen molar-refractivity contribution in [2.75, 3.05) is 7.11 Å². The number of fused-ring (bicyclic) bond motifs is 1. The van der Waals surface area contributed by atoms with Crippen molar-refractivity contribution in [1.82, 2.24) is 9.38 Å². The largest absolute Gasteiger partial charge is 0.496 e. The molecule has 0 spiro atoms.